The van der Waals surface area contributed by atoms with Crippen LogP contribution in [0.5, 0.6) is 0 Å². The molecule has 0 unspecified atom stereocenters. The lowest BCUT2D eigenvalue weighted by atomic mass is 9.88. The van der Waals surface area contributed by atoms with E-state index in [4.69, 9.17) is 0 Å². The normalized spacial score (nSPS) is 11.8. The molecule has 3 N–H and O–H groups in total. The van der Waals surface area contributed by atoms with Gasteiger partial charge in [-0.05, 0) is 84.5 Å². The lowest BCUT2D eigenvalue weighted by Gasteiger charge is -2.19. The molecule has 0 aliphatic rings. The zero-order valence-electron chi connectivity index (χ0n) is 25.4. The largest absolute Gasteiger partial charge is 0.441 e. The number of hydrogen-bond acceptors (Lipinski definition) is 3. The Kier molecular flexibility index (Phi) is 13.3. The first-order chi connectivity index (χ1) is 19.3. The van der Waals surface area contributed by atoms with Crippen molar-refractivity contribution in [3.05, 3.63) is 76.9 Å². The fraction of sp³-hybridized carbons (Fsp3) is 0.500. The van der Waals surface area contributed by atoms with Gasteiger partial charge in [0, 0.05) is 5.56 Å². The van der Waals surface area contributed by atoms with Gasteiger partial charge in [-0.15, -0.1) is 0 Å². The molecular formula is C36H52O3P+. The van der Waals surface area contributed by atoms with Crippen molar-refractivity contribution in [2.45, 2.75) is 118 Å². The van der Waals surface area contributed by atoms with Crippen LogP contribution in [-0.2, 0) is 12.8 Å². The van der Waals surface area contributed by atoms with Gasteiger partial charge in [0.05, 0.1) is 0 Å². The molecular weight excluding hydrogens is 511 g/mol. The van der Waals surface area contributed by atoms with Crippen LogP contribution in [0.4, 0.5) is 0 Å². The lowest BCUT2D eigenvalue weighted by Crippen LogP contribution is -2.14. The first-order valence-corrected chi connectivity index (χ1v) is 17.3. The van der Waals surface area contributed by atoms with Crippen LogP contribution in [0.15, 0.2) is 54.6 Å². The molecule has 3 nitrogen and oxygen atoms in total. The number of aryl methyl sites for hydroxylation is 4. The van der Waals surface area contributed by atoms with Crippen LogP contribution in [0.2, 0.25) is 0 Å². The summed E-state index contributed by atoms with van der Waals surface area (Å²) in [5.74, 6) is 0. The fourth-order valence-electron chi connectivity index (χ4n) is 5.86. The van der Waals surface area contributed by atoms with Crippen molar-refractivity contribution in [1.29, 1.82) is 0 Å². The van der Waals surface area contributed by atoms with Crippen molar-refractivity contribution in [3.8, 4) is 22.3 Å². The Hall–Kier alpha value is -2.03. The van der Waals surface area contributed by atoms with Gasteiger partial charge in [0.2, 0.25) is 0 Å². The van der Waals surface area contributed by atoms with E-state index in [0.29, 0.717) is 0 Å². The second-order valence-electron chi connectivity index (χ2n) is 11.6. The monoisotopic (exact) mass is 563 g/mol. The molecule has 0 fully saturated rings. The SMILES string of the molecule is CCCCCCCCc1ccc(-c2cccc([P+](O)(O)O)c2-c2ccc(CCCCCCCC)cc2C)c(C)c1. The van der Waals surface area contributed by atoms with E-state index in [1.807, 2.05) is 12.1 Å². The van der Waals surface area contributed by atoms with E-state index >= 15 is 0 Å². The van der Waals surface area contributed by atoms with E-state index in [0.717, 1.165) is 46.2 Å². The van der Waals surface area contributed by atoms with Crippen LogP contribution in [0.3, 0.4) is 0 Å². The highest BCUT2D eigenvalue weighted by atomic mass is 31.2. The van der Waals surface area contributed by atoms with Gasteiger partial charge in [-0.3, -0.25) is 0 Å². The van der Waals surface area contributed by atoms with Gasteiger partial charge in [0.25, 0.3) is 0 Å². The van der Waals surface area contributed by atoms with Gasteiger partial charge in [-0.25, -0.2) is 0 Å². The molecule has 0 aromatic heterocycles. The highest BCUT2D eigenvalue weighted by molar-refractivity contribution is 7.67. The molecule has 218 valence electrons. The van der Waals surface area contributed by atoms with Gasteiger partial charge in [-0.1, -0.05) is 127 Å². The van der Waals surface area contributed by atoms with E-state index < -0.39 is 7.94 Å². The van der Waals surface area contributed by atoms with Crippen molar-refractivity contribution in [2.24, 2.45) is 0 Å². The van der Waals surface area contributed by atoms with Gasteiger partial charge in [-0.2, -0.15) is 14.7 Å². The third-order valence-corrected chi connectivity index (χ3v) is 9.16. The highest BCUT2D eigenvalue weighted by Gasteiger charge is 2.38. The topological polar surface area (TPSA) is 60.7 Å². The fourth-order valence-corrected chi connectivity index (χ4v) is 6.69. The molecule has 0 aliphatic heterocycles. The Morgan fingerprint density at radius 2 is 1.00 bits per heavy atom. The number of rotatable bonds is 17. The Morgan fingerprint density at radius 1 is 0.525 bits per heavy atom. The maximum absolute atomic E-state index is 10.5. The van der Waals surface area contributed by atoms with Crippen molar-refractivity contribution in [1.82, 2.24) is 0 Å². The standard InChI is InChI=1S/C36H52O3P/c1-5-7-9-11-13-15-18-30-22-24-32(28(3)26-30)34-20-17-21-35(40(37,38)39)36(34)33-25-23-31(27-29(33)4)19-16-14-12-10-8-6-2/h17,20-27,37-39H,5-16,18-19H2,1-4H3/q+1. The average Bonchev–Trinajstić information content (AvgIpc) is 2.92. The average molecular weight is 564 g/mol. The zero-order valence-corrected chi connectivity index (χ0v) is 26.3. The molecule has 3 rings (SSSR count). The number of unbranched alkanes of at least 4 members (excludes halogenated alkanes) is 10. The maximum atomic E-state index is 10.5. The minimum atomic E-state index is -4.23. The molecule has 0 heterocycles. The molecule has 0 saturated carbocycles. The summed E-state index contributed by atoms with van der Waals surface area (Å²) in [5.41, 5.74) is 8.55. The maximum Gasteiger partial charge on any atom is 0.441 e. The van der Waals surface area contributed by atoms with Gasteiger partial charge in [0.1, 0.15) is 0 Å². The first-order valence-electron chi connectivity index (χ1n) is 15.7. The second-order valence-corrected chi connectivity index (χ2v) is 13.2. The van der Waals surface area contributed by atoms with Crippen molar-refractivity contribution >= 4 is 13.2 Å². The molecule has 0 amide bonds. The van der Waals surface area contributed by atoms with Crippen LogP contribution < -0.4 is 5.30 Å². The van der Waals surface area contributed by atoms with E-state index in [1.165, 1.54) is 88.2 Å². The van der Waals surface area contributed by atoms with Crippen molar-refractivity contribution in [2.75, 3.05) is 0 Å². The molecule has 3 aromatic rings. The number of benzene rings is 3. The van der Waals surface area contributed by atoms with E-state index in [1.54, 1.807) is 6.07 Å². The van der Waals surface area contributed by atoms with Crippen molar-refractivity contribution < 1.29 is 14.7 Å². The summed E-state index contributed by atoms with van der Waals surface area (Å²) in [4.78, 5) is 31.4. The second kappa shape index (κ2) is 16.4. The molecule has 4 heteroatoms. The van der Waals surface area contributed by atoms with Crippen molar-refractivity contribution in [3.63, 3.8) is 0 Å². The van der Waals surface area contributed by atoms with Gasteiger partial charge in [0.15, 0.2) is 5.30 Å². The molecule has 40 heavy (non-hydrogen) atoms. The molecule has 0 saturated heterocycles. The van der Waals surface area contributed by atoms with Crippen LogP contribution in [0, 0.1) is 13.8 Å². The predicted octanol–water partition coefficient (Wildman–Crippen LogP) is 9.81. The van der Waals surface area contributed by atoms with Crippen LogP contribution in [0.25, 0.3) is 22.3 Å². The summed E-state index contributed by atoms with van der Waals surface area (Å²) < 4.78 is 0. The summed E-state index contributed by atoms with van der Waals surface area (Å²) in [7, 11) is -4.23. The smallest absolute Gasteiger partial charge is 0.189 e. The van der Waals surface area contributed by atoms with E-state index in [2.05, 4.69) is 64.1 Å². The molecule has 3 aromatic carbocycles. The first kappa shape index (κ1) is 32.5. The quantitative estimate of drug-likeness (QED) is 0.113. The third-order valence-electron chi connectivity index (χ3n) is 8.14. The molecule has 0 atom stereocenters. The Bertz CT molecular complexity index is 1200. The Morgan fingerprint density at radius 3 is 1.48 bits per heavy atom. The lowest BCUT2D eigenvalue weighted by molar-refractivity contribution is 0.347. The highest BCUT2D eigenvalue weighted by Crippen LogP contribution is 2.49. The van der Waals surface area contributed by atoms with Crippen LogP contribution in [0.1, 0.15) is 113 Å². The van der Waals surface area contributed by atoms with E-state index in [-0.39, 0.29) is 5.30 Å². The minimum absolute atomic E-state index is 0.215. The molecule has 0 radical (unpaired) electrons. The summed E-state index contributed by atoms with van der Waals surface area (Å²) in [5, 5.41) is 0.215. The third kappa shape index (κ3) is 9.52. The van der Waals surface area contributed by atoms with E-state index in [9.17, 15) is 14.7 Å². The summed E-state index contributed by atoms with van der Waals surface area (Å²) >= 11 is 0. The Labute approximate surface area is 244 Å². The molecule has 0 bridgehead atoms. The summed E-state index contributed by atoms with van der Waals surface area (Å²) in [6, 6.07) is 18.6. The predicted molar refractivity (Wildman–Crippen MR) is 174 cm³/mol. The summed E-state index contributed by atoms with van der Waals surface area (Å²) in [6.45, 7) is 8.72. The van der Waals surface area contributed by atoms with Crippen LogP contribution >= 0.6 is 7.94 Å². The molecule has 0 spiro atoms. The zero-order chi connectivity index (χ0) is 29.0. The minimum Gasteiger partial charge on any atom is -0.189 e. The number of hydrogen-bond donors (Lipinski definition) is 3. The van der Waals surface area contributed by atoms with Gasteiger partial charge >= 0.3 is 7.94 Å². The summed E-state index contributed by atoms with van der Waals surface area (Å²) in [6.07, 6.45) is 17.5. The van der Waals surface area contributed by atoms with Gasteiger partial charge < -0.3 is 0 Å². The van der Waals surface area contributed by atoms with Crippen LogP contribution in [-0.4, -0.2) is 14.7 Å². The Balaban J connectivity index is 1.86. The molecule has 0 aliphatic carbocycles.